The van der Waals surface area contributed by atoms with E-state index in [-0.39, 0.29) is 5.62 Å². The van der Waals surface area contributed by atoms with Crippen LogP contribution in [0.4, 0.5) is 0 Å². The molecule has 0 bridgehead atoms. The Kier molecular flexibility index (Phi) is 2.06. The summed E-state index contributed by atoms with van der Waals surface area (Å²) < 4.78 is 0.659. The maximum atomic E-state index is 8.85. The lowest BCUT2D eigenvalue weighted by Crippen LogP contribution is -2.21. The van der Waals surface area contributed by atoms with Crippen LogP contribution >= 0.6 is 0 Å². The summed E-state index contributed by atoms with van der Waals surface area (Å²) in [5.41, 5.74) is 0.569. The minimum atomic E-state index is -0.163. The van der Waals surface area contributed by atoms with Crippen molar-refractivity contribution >= 4 is 0 Å². The Morgan fingerprint density at radius 3 is 3.09 bits per heavy atom. The molecule has 11 heavy (non-hydrogen) atoms. The van der Waals surface area contributed by atoms with Crippen LogP contribution in [0.25, 0.3) is 0 Å². The third-order valence-corrected chi connectivity index (χ3v) is 1.23. The molecule has 1 aromatic heterocycles. The van der Waals surface area contributed by atoms with Gasteiger partial charge in [-0.2, -0.15) is 4.73 Å². The molecule has 0 aromatic carbocycles. The van der Waals surface area contributed by atoms with Crippen molar-refractivity contribution in [1.29, 1.82) is 5.41 Å². The molecule has 0 aliphatic carbocycles. The predicted octanol–water partition coefficient (Wildman–Crippen LogP) is 0.328. The van der Waals surface area contributed by atoms with Gasteiger partial charge in [0.1, 0.15) is 0 Å². The zero-order valence-electron chi connectivity index (χ0n) is 5.99. The van der Waals surface area contributed by atoms with Gasteiger partial charge < -0.3 is 5.21 Å². The SMILES string of the molecule is C=CCc1ccn(O)c(=N)n1. The molecule has 0 amide bonds. The summed E-state index contributed by atoms with van der Waals surface area (Å²) in [5.74, 6) is 0. The van der Waals surface area contributed by atoms with Crippen LogP contribution in [0.5, 0.6) is 0 Å². The second-order valence-corrected chi connectivity index (χ2v) is 2.08. The van der Waals surface area contributed by atoms with Crippen molar-refractivity contribution in [3.8, 4) is 0 Å². The highest BCUT2D eigenvalue weighted by Gasteiger charge is 1.92. The van der Waals surface area contributed by atoms with Gasteiger partial charge >= 0.3 is 0 Å². The fourth-order valence-corrected chi connectivity index (χ4v) is 0.713. The highest BCUT2D eigenvalue weighted by Crippen LogP contribution is 1.90. The Bertz CT molecular complexity index is 316. The maximum absolute atomic E-state index is 8.85. The van der Waals surface area contributed by atoms with Gasteiger partial charge in [0.05, 0.1) is 0 Å². The normalized spacial score (nSPS) is 9.45. The van der Waals surface area contributed by atoms with Crippen LogP contribution in [-0.4, -0.2) is 14.9 Å². The summed E-state index contributed by atoms with van der Waals surface area (Å²) in [4.78, 5) is 3.77. The Labute approximate surface area is 63.9 Å². The van der Waals surface area contributed by atoms with Crippen LogP contribution in [0.1, 0.15) is 5.69 Å². The van der Waals surface area contributed by atoms with E-state index in [1.165, 1.54) is 6.20 Å². The van der Waals surface area contributed by atoms with E-state index >= 15 is 0 Å². The van der Waals surface area contributed by atoms with Gasteiger partial charge in [-0.15, -0.1) is 6.58 Å². The fourth-order valence-electron chi connectivity index (χ4n) is 0.713. The molecule has 0 fully saturated rings. The number of hydrogen-bond acceptors (Lipinski definition) is 3. The molecular formula is C7H9N3O. The third-order valence-electron chi connectivity index (χ3n) is 1.23. The molecule has 0 unspecified atom stereocenters. The van der Waals surface area contributed by atoms with Crippen LogP contribution in [0.3, 0.4) is 0 Å². The first-order chi connectivity index (χ1) is 5.24. The van der Waals surface area contributed by atoms with E-state index in [1.807, 2.05) is 0 Å². The molecule has 0 aliphatic rings. The van der Waals surface area contributed by atoms with Crippen molar-refractivity contribution in [1.82, 2.24) is 9.71 Å². The summed E-state index contributed by atoms with van der Waals surface area (Å²) in [7, 11) is 0. The summed E-state index contributed by atoms with van der Waals surface area (Å²) in [6.07, 6.45) is 3.70. The summed E-state index contributed by atoms with van der Waals surface area (Å²) >= 11 is 0. The van der Waals surface area contributed by atoms with E-state index in [1.54, 1.807) is 12.1 Å². The zero-order valence-corrected chi connectivity index (χ0v) is 5.99. The first-order valence-electron chi connectivity index (χ1n) is 3.17. The average Bonchev–Trinajstić information content (AvgIpc) is 1.98. The van der Waals surface area contributed by atoms with Gasteiger partial charge in [0.25, 0.3) is 5.62 Å². The number of hydrogen-bond donors (Lipinski definition) is 2. The van der Waals surface area contributed by atoms with Crippen LogP contribution in [0.15, 0.2) is 24.9 Å². The molecule has 2 N–H and O–H groups in total. The molecule has 0 aliphatic heterocycles. The quantitative estimate of drug-likeness (QED) is 0.472. The minimum Gasteiger partial charge on any atom is -0.425 e. The van der Waals surface area contributed by atoms with Crippen molar-refractivity contribution < 1.29 is 5.21 Å². The van der Waals surface area contributed by atoms with Crippen LogP contribution < -0.4 is 5.62 Å². The molecule has 1 rings (SSSR count). The molecule has 1 heterocycles. The monoisotopic (exact) mass is 151 g/mol. The Morgan fingerprint density at radius 2 is 2.55 bits per heavy atom. The molecular weight excluding hydrogens is 142 g/mol. The summed E-state index contributed by atoms with van der Waals surface area (Å²) in [6, 6.07) is 1.64. The van der Waals surface area contributed by atoms with E-state index in [0.717, 1.165) is 5.69 Å². The van der Waals surface area contributed by atoms with Crippen molar-refractivity contribution in [2.24, 2.45) is 0 Å². The average molecular weight is 151 g/mol. The summed E-state index contributed by atoms with van der Waals surface area (Å²) in [6.45, 7) is 3.54. The van der Waals surface area contributed by atoms with E-state index in [9.17, 15) is 0 Å². The zero-order chi connectivity index (χ0) is 8.27. The molecule has 0 radical (unpaired) electrons. The van der Waals surface area contributed by atoms with E-state index in [0.29, 0.717) is 11.2 Å². The Hall–Kier alpha value is -1.58. The number of allylic oxidation sites excluding steroid dienone is 1. The second-order valence-electron chi connectivity index (χ2n) is 2.08. The number of nitrogens with zero attached hydrogens (tertiary/aromatic N) is 2. The highest BCUT2D eigenvalue weighted by atomic mass is 16.5. The van der Waals surface area contributed by atoms with Gasteiger partial charge in [-0.05, 0) is 6.07 Å². The molecule has 1 aromatic rings. The van der Waals surface area contributed by atoms with Crippen molar-refractivity contribution in [2.45, 2.75) is 6.42 Å². The lowest BCUT2D eigenvalue weighted by Gasteiger charge is -1.97. The van der Waals surface area contributed by atoms with Crippen LogP contribution in [-0.2, 0) is 6.42 Å². The van der Waals surface area contributed by atoms with Crippen molar-refractivity contribution in [2.75, 3.05) is 0 Å². The Balaban J connectivity index is 3.05. The first kappa shape index (κ1) is 7.53. The molecule has 0 saturated carbocycles. The standard InChI is InChI=1S/C7H9N3O/c1-2-3-6-4-5-10(11)7(8)9-6/h2,4-5,8,11H,1,3H2. The number of rotatable bonds is 2. The molecule has 58 valence electrons. The van der Waals surface area contributed by atoms with E-state index in [4.69, 9.17) is 10.6 Å². The lowest BCUT2D eigenvalue weighted by atomic mass is 10.3. The van der Waals surface area contributed by atoms with Gasteiger partial charge in [0.2, 0.25) is 0 Å². The summed E-state index contributed by atoms with van der Waals surface area (Å²) in [5, 5.41) is 16.0. The second kappa shape index (κ2) is 3.01. The van der Waals surface area contributed by atoms with Crippen molar-refractivity contribution in [3.05, 3.63) is 36.2 Å². The van der Waals surface area contributed by atoms with Crippen molar-refractivity contribution in [3.63, 3.8) is 0 Å². The predicted molar refractivity (Wildman–Crippen MR) is 39.2 cm³/mol. The highest BCUT2D eigenvalue weighted by molar-refractivity contribution is 5.02. The van der Waals surface area contributed by atoms with E-state index in [2.05, 4.69) is 11.6 Å². The lowest BCUT2D eigenvalue weighted by molar-refractivity contribution is 0.164. The Morgan fingerprint density at radius 1 is 1.82 bits per heavy atom. The largest absolute Gasteiger partial charge is 0.425 e. The van der Waals surface area contributed by atoms with E-state index < -0.39 is 0 Å². The third kappa shape index (κ3) is 1.67. The topological polar surface area (TPSA) is 61.9 Å². The van der Waals surface area contributed by atoms with Gasteiger partial charge in [0, 0.05) is 18.3 Å². The van der Waals surface area contributed by atoms with Gasteiger partial charge in [-0.1, -0.05) is 6.08 Å². The van der Waals surface area contributed by atoms with Gasteiger partial charge in [-0.25, -0.2) is 4.98 Å². The molecule has 0 spiro atoms. The molecule has 4 nitrogen and oxygen atoms in total. The minimum absolute atomic E-state index is 0.163. The van der Waals surface area contributed by atoms with Gasteiger partial charge in [0.15, 0.2) is 0 Å². The molecule has 0 atom stereocenters. The number of nitrogens with one attached hydrogen (secondary N) is 1. The molecule has 0 saturated heterocycles. The van der Waals surface area contributed by atoms with Gasteiger partial charge in [-0.3, -0.25) is 5.41 Å². The molecule has 4 heteroatoms. The van der Waals surface area contributed by atoms with Crippen LogP contribution in [0, 0.1) is 5.41 Å². The maximum Gasteiger partial charge on any atom is 0.255 e. The number of aromatic nitrogens is 2. The smallest absolute Gasteiger partial charge is 0.255 e. The van der Waals surface area contributed by atoms with Crippen LogP contribution in [0.2, 0.25) is 0 Å². The first-order valence-corrected chi connectivity index (χ1v) is 3.17. The fraction of sp³-hybridized carbons (Fsp3) is 0.143.